The summed E-state index contributed by atoms with van der Waals surface area (Å²) in [7, 11) is 1.67. The zero-order chi connectivity index (χ0) is 11.5. The second-order valence-electron chi connectivity index (χ2n) is 4.50. The SMILES string of the molecule is COc1cc(C)cc(CC2CCNC2)c1Cl. The Morgan fingerprint density at radius 2 is 2.31 bits per heavy atom. The van der Waals surface area contributed by atoms with E-state index in [0.717, 1.165) is 30.3 Å². The van der Waals surface area contributed by atoms with Crippen LogP contribution in [0.15, 0.2) is 12.1 Å². The van der Waals surface area contributed by atoms with Gasteiger partial charge < -0.3 is 10.1 Å². The highest BCUT2D eigenvalue weighted by Gasteiger charge is 2.17. The molecule has 1 saturated heterocycles. The van der Waals surface area contributed by atoms with Crippen LogP contribution in [0.3, 0.4) is 0 Å². The summed E-state index contributed by atoms with van der Waals surface area (Å²) in [6.07, 6.45) is 2.29. The first-order valence-corrected chi connectivity index (χ1v) is 6.12. The third-order valence-corrected chi connectivity index (χ3v) is 3.58. The first-order valence-electron chi connectivity index (χ1n) is 5.74. The van der Waals surface area contributed by atoms with Crippen LogP contribution in [-0.4, -0.2) is 20.2 Å². The lowest BCUT2D eigenvalue weighted by atomic mass is 9.97. The molecule has 3 heteroatoms. The number of ether oxygens (including phenoxy) is 1. The van der Waals surface area contributed by atoms with E-state index < -0.39 is 0 Å². The third kappa shape index (κ3) is 2.50. The number of aryl methyl sites for hydroxylation is 1. The van der Waals surface area contributed by atoms with Gasteiger partial charge in [0.05, 0.1) is 12.1 Å². The molecule has 1 heterocycles. The fourth-order valence-electron chi connectivity index (χ4n) is 2.30. The minimum absolute atomic E-state index is 0.712. The summed E-state index contributed by atoms with van der Waals surface area (Å²) in [5.74, 6) is 1.51. The fraction of sp³-hybridized carbons (Fsp3) is 0.538. The number of rotatable bonds is 3. The van der Waals surface area contributed by atoms with Crippen molar-refractivity contribution in [2.24, 2.45) is 5.92 Å². The average molecular weight is 240 g/mol. The van der Waals surface area contributed by atoms with E-state index in [1.807, 2.05) is 6.07 Å². The molecule has 0 amide bonds. The number of hydrogen-bond acceptors (Lipinski definition) is 2. The zero-order valence-electron chi connectivity index (χ0n) is 9.85. The standard InChI is InChI=1S/C13H18ClNO/c1-9-5-11(7-10-3-4-15-8-10)13(14)12(6-9)16-2/h5-6,10,15H,3-4,7-8H2,1-2H3. The Hall–Kier alpha value is -0.730. The summed E-state index contributed by atoms with van der Waals surface area (Å²) >= 11 is 6.31. The van der Waals surface area contributed by atoms with E-state index in [4.69, 9.17) is 16.3 Å². The van der Waals surface area contributed by atoms with Gasteiger partial charge in [0.1, 0.15) is 5.75 Å². The molecule has 0 radical (unpaired) electrons. The largest absolute Gasteiger partial charge is 0.495 e. The van der Waals surface area contributed by atoms with Gasteiger partial charge in [-0.3, -0.25) is 0 Å². The maximum absolute atomic E-state index is 6.31. The molecule has 1 aliphatic rings. The van der Waals surface area contributed by atoms with Gasteiger partial charge in [-0.25, -0.2) is 0 Å². The van der Waals surface area contributed by atoms with Crippen LogP contribution >= 0.6 is 11.6 Å². The zero-order valence-corrected chi connectivity index (χ0v) is 10.6. The van der Waals surface area contributed by atoms with Gasteiger partial charge in [0.2, 0.25) is 0 Å². The van der Waals surface area contributed by atoms with Crippen molar-refractivity contribution in [2.75, 3.05) is 20.2 Å². The molecule has 1 atom stereocenters. The van der Waals surface area contributed by atoms with Crippen molar-refractivity contribution in [1.29, 1.82) is 0 Å². The molecule has 1 aromatic rings. The molecule has 16 heavy (non-hydrogen) atoms. The summed E-state index contributed by atoms with van der Waals surface area (Å²) < 4.78 is 5.28. The topological polar surface area (TPSA) is 21.3 Å². The molecule has 88 valence electrons. The van der Waals surface area contributed by atoms with Crippen LogP contribution < -0.4 is 10.1 Å². The minimum Gasteiger partial charge on any atom is -0.495 e. The van der Waals surface area contributed by atoms with Crippen LogP contribution in [0.5, 0.6) is 5.75 Å². The van der Waals surface area contributed by atoms with E-state index in [-0.39, 0.29) is 0 Å². The van der Waals surface area contributed by atoms with Gasteiger partial charge in [0.25, 0.3) is 0 Å². The third-order valence-electron chi connectivity index (χ3n) is 3.15. The molecule has 1 N–H and O–H groups in total. The van der Waals surface area contributed by atoms with Crippen LogP contribution in [0.2, 0.25) is 5.02 Å². The molecule has 0 spiro atoms. The molecule has 1 unspecified atom stereocenters. The normalized spacial score (nSPS) is 20.1. The molecule has 1 fully saturated rings. The Kier molecular flexibility index (Phi) is 3.72. The van der Waals surface area contributed by atoms with E-state index in [0.29, 0.717) is 5.92 Å². The van der Waals surface area contributed by atoms with Crippen LogP contribution in [-0.2, 0) is 6.42 Å². The van der Waals surface area contributed by atoms with Crippen molar-refractivity contribution in [3.8, 4) is 5.75 Å². The monoisotopic (exact) mass is 239 g/mol. The number of hydrogen-bond donors (Lipinski definition) is 1. The minimum atomic E-state index is 0.712. The molecule has 0 aliphatic carbocycles. The van der Waals surface area contributed by atoms with E-state index in [1.54, 1.807) is 7.11 Å². The number of nitrogens with one attached hydrogen (secondary N) is 1. The van der Waals surface area contributed by atoms with E-state index in [9.17, 15) is 0 Å². The Balaban J connectivity index is 2.21. The summed E-state index contributed by atoms with van der Waals surface area (Å²) in [5, 5.41) is 4.16. The number of halogens is 1. The van der Waals surface area contributed by atoms with Crippen molar-refractivity contribution in [3.63, 3.8) is 0 Å². The highest BCUT2D eigenvalue weighted by Crippen LogP contribution is 2.31. The Morgan fingerprint density at radius 1 is 1.50 bits per heavy atom. The second-order valence-corrected chi connectivity index (χ2v) is 4.88. The lowest BCUT2D eigenvalue weighted by molar-refractivity contribution is 0.413. The lowest BCUT2D eigenvalue weighted by Gasteiger charge is -2.13. The van der Waals surface area contributed by atoms with Crippen molar-refractivity contribution in [2.45, 2.75) is 19.8 Å². The average Bonchev–Trinajstić information content (AvgIpc) is 2.75. The van der Waals surface area contributed by atoms with Gasteiger partial charge in [0.15, 0.2) is 0 Å². The first kappa shape index (κ1) is 11.7. The predicted molar refractivity (Wildman–Crippen MR) is 67.4 cm³/mol. The maximum atomic E-state index is 6.31. The van der Waals surface area contributed by atoms with Gasteiger partial charge in [0, 0.05) is 0 Å². The molecule has 1 aromatic carbocycles. The first-order chi connectivity index (χ1) is 7.70. The summed E-state index contributed by atoms with van der Waals surface area (Å²) in [6.45, 7) is 4.31. The molecule has 2 rings (SSSR count). The Labute approximate surface area is 102 Å². The summed E-state index contributed by atoms with van der Waals surface area (Å²) in [6, 6.07) is 4.15. The van der Waals surface area contributed by atoms with Crippen LogP contribution in [0.4, 0.5) is 0 Å². The number of benzene rings is 1. The fourth-order valence-corrected chi connectivity index (χ4v) is 2.57. The van der Waals surface area contributed by atoms with Crippen molar-refractivity contribution >= 4 is 11.6 Å². The van der Waals surface area contributed by atoms with Gasteiger partial charge in [-0.05, 0) is 56.0 Å². The molecule has 2 nitrogen and oxygen atoms in total. The molecular formula is C13H18ClNO. The lowest BCUT2D eigenvalue weighted by Crippen LogP contribution is -2.11. The quantitative estimate of drug-likeness (QED) is 0.876. The predicted octanol–water partition coefficient (Wildman–Crippen LogP) is 2.81. The number of methoxy groups -OCH3 is 1. The summed E-state index contributed by atoms with van der Waals surface area (Å²) in [4.78, 5) is 0. The van der Waals surface area contributed by atoms with E-state index >= 15 is 0 Å². The van der Waals surface area contributed by atoms with E-state index in [1.165, 1.54) is 17.5 Å². The van der Waals surface area contributed by atoms with Gasteiger partial charge in [-0.2, -0.15) is 0 Å². The van der Waals surface area contributed by atoms with E-state index in [2.05, 4.69) is 18.3 Å². The van der Waals surface area contributed by atoms with Crippen LogP contribution in [0, 0.1) is 12.8 Å². The molecule has 0 saturated carbocycles. The van der Waals surface area contributed by atoms with Crippen molar-refractivity contribution in [1.82, 2.24) is 5.32 Å². The maximum Gasteiger partial charge on any atom is 0.137 e. The molecular weight excluding hydrogens is 222 g/mol. The smallest absolute Gasteiger partial charge is 0.137 e. The van der Waals surface area contributed by atoms with Crippen molar-refractivity contribution < 1.29 is 4.74 Å². The van der Waals surface area contributed by atoms with Gasteiger partial charge in [-0.15, -0.1) is 0 Å². The highest BCUT2D eigenvalue weighted by molar-refractivity contribution is 6.32. The second kappa shape index (κ2) is 5.07. The van der Waals surface area contributed by atoms with Crippen LogP contribution in [0.25, 0.3) is 0 Å². The molecule has 0 aromatic heterocycles. The Bertz CT molecular complexity index is 372. The molecule has 0 bridgehead atoms. The Morgan fingerprint density at radius 3 is 2.94 bits per heavy atom. The van der Waals surface area contributed by atoms with Crippen molar-refractivity contribution in [3.05, 3.63) is 28.3 Å². The highest BCUT2D eigenvalue weighted by atomic mass is 35.5. The van der Waals surface area contributed by atoms with Gasteiger partial charge >= 0.3 is 0 Å². The van der Waals surface area contributed by atoms with Crippen LogP contribution in [0.1, 0.15) is 17.5 Å². The molecule has 1 aliphatic heterocycles. The summed E-state index contributed by atoms with van der Waals surface area (Å²) in [5.41, 5.74) is 2.43. The van der Waals surface area contributed by atoms with Gasteiger partial charge in [-0.1, -0.05) is 17.7 Å².